The number of aromatic carboxylic acids is 1. The van der Waals surface area contributed by atoms with Crippen LogP contribution in [-0.2, 0) is 6.42 Å². The number of hydrogen-bond donors (Lipinski definition) is 1. The molecule has 0 atom stereocenters. The summed E-state index contributed by atoms with van der Waals surface area (Å²) in [7, 11) is 0. The van der Waals surface area contributed by atoms with Crippen LogP contribution in [0.5, 0.6) is 0 Å². The summed E-state index contributed by atoms with van der Waals surface area (Å²) in [6, 6.07) is 9.63. The van der Waals surface area contributed by atoms with Gasteiger partial charge in [0.2, 0.25) is 0 Å². The molecule has 1 N–H and O–H groups in total. The van der Waals surface area contributed by atoms with E-state index in [-0.39, 0.29) is 5.56 Å². The van der Waals surface area contributed by atoms with E-state index in [0.29, 0.717) is 12.0 Å². The van der Waals surface area contributed by atoms with Gasteiger partial charge in [0, 0.05) is 24.5 Å². The molecule has 3 aromatic rings. The summed E-state index contributed by atoms with van der Waals surface area (Å²) in [6.45, 7) is 4.03. The number of aryl methyl sites for hydroxylation is 1. The lowest BCUT2D eigenvalue weighted by atomic mass is 10.0. The molecule has 0 radical (unpaired) electrons. The number of pyridine rings is 1. The van der Waals surface area contributed by atoms with Gasteiger partial charge in [0.25, 0.3) is 0 Å². The van der Waals surface area contributed by atoms with Crippen molar-refractivity contribution in [2.75, 3.05) is 0 Å². The highest BCUT2D eigenvalue weighted by Crippen LogP contribution is 2.19. The number of carbonyl (C=O) groups is 1. The van der Waals surface area contributed by atoms with Gasteiger partial charge in [-0.25, -0.2) is 9.48 Å². The first-order valence-corrected chi connectivity index (χ1v) is 7.33. The summed E-state index contributed by atoms with van der Waals surface area (Å²) in [5.74, 6) is -0.939. The summed E-state index contributed by atoms with van der Waals surface area (Å²) >= 11 is 0. The van der Waals surface area contributed by atoms with E-state index >= 15 is 0 Å². The van der Waals surface area contributed by atoms with Crippen molar-refractivity contribution in [1.29, 1.82) is 0 Å². The average molecular weight is 307 g/mol. The molecule has 5 heteroatoms. The Balaban J connectivity index is 1.96. The van der Waals surface area contributed by atoms with Crippen molar-refractivity contribution in [1.82, 2.24) is 14.8 Å². The standard InChI is InChI=1S/C18H17N3O2/c1-12-4-3-5-16(8-12)21-13(2)14(11-20-21)9-15-10-19-7-6-17(15)18(22)23/h3-8,10-11H,9H2,1-2H3,(H,22,23). The van der Waals surface area contributed by atoms with Gasteiger partial charge in [-0.3, -0.25) is 4.98 Å². The van der Waals surface area contributed by atoms with Crippen LogP contribution in [0.1, 0.15) is 32.7 Å². The lowest BCUT2D eigenvalue weighted by Gasteiger charge is -2.07. The van der Waals surface area contributed by atoms with Crippen LogP contribution in [0, 0.1) is 13.8 Å². The highest BCUT2D eigenvalue weighted by atomic mass is 16.4. The molecule has 0 aliphatic heterocycles. The van der Waals surface area contributed by atoms with Crippen LogP contribution in [0.2, 0.25) is 0 Å². The van der Waals surface area contributed by atoms with Crippen molar-refractivity contribution in [3.05, 3.63) is 76.9 Å². The van der Waals surface area contributed by atoms with Crippen molar-refractivity contribution in [2.24, 2.45) is 0 Å². The lowest BCUT2D eigenvalue weighted by molar-refractivity contribution is 0.0695. The van der Waals surface area contributed by atoms with Gasteiger partial charge in [-0.05, 0) is 48.7 Å². The Morgan fingerprint density at radius 1 is 1.17 bits per heavy atom. The van der Waals surface area contributed by atoms with E-state index in [1.165, 1.54) is 17.8 Å². The quantitative estimate of drug-likeness (QED) is 0.804. The van der Waals surface area contributed by atoms with E-state index in [1.807, 2.05) is 36.7 Å². The lowest BCUT2D eigenvalue weighted by Crippen LogP contribution is -2.04. The van der Waals surface area contributed by atoms with E-state index in [4.69, 9.17) is 0 Å². The molecule has 0 aliphatic carbocycles. The monoisotopic (exact) mass is 307 g/mol. The predicted molar refractivity (Wildman–Crippen MR) is 87.0 cm³/mol. The minimum atomic E-state index is -0.939. The molecular weight excluding hydrogens is 290 g/mol. The minimum Gasteiger partial charge on any atom is -0.478 e. The van der Waals surface area contributed by atoms with E-state index in [1.54, 1.807) is 12.4 Å². The highest BCUT2D eigenvalue weighted by molar-refractivity contribution is 5.89. The Hall–Kier alpha value is -2.95. The number of hydrogen-bond acceptors (Lipinski definition) is 3. The maximum absolute atomic E-state index is 11.3. The van der Waals surface area contributed by atoms with E-state index in [9.17, 15) is 9.90 Å². The summed E-state index contributed by atoms with van der Waals surface area (Å²) in [5, 5.41) is 13.7. The van der Waals surface area contributed by atoms with Gasteiger partial charge < -0.3 is 5.11 Å². The first kappa shape index (κ1) is 15.0. The van der Waals surface area contributed by atoms with Gasteiger partial charge in [-0.1, -0.05) is 12.1 Å². The fourth-order valence-corrected chi connectivity index (χ4v) is 2.62. The zero-order chi connectivity index (χ0) is 16.4. The number of rotatable bonds is 4. The Bertz CT molecular complexity index is 868. The molecule has 0 saturated carbocycles. The summed E-state index contributed by atoms with van der Waals surface area (Å²) in [5.41, 5.74) is 5.12. The average Bonchev–Trinajstić information content (AvgIpc) is 2.89. The number of benzene rings is 1. The zero-order valence-corrected chi connectivity index (χ0v) is 13.0. The molecule has 5 nitrogen and oxygen atoms in total. The van der Waals surface area contributed by atoms with E-state index in [0.717, 1.165) is 16.9 Å². The third kappa shape index (κ3) is 2.99. The van der Waals surface area contributed by atoms with Gasteiger partial charge in [0.1, 0.15) is 0 Å². The Kier molecular flexibility index (Phi) is 3.93. The molecule has 0 bridgehead atoms. The van der Waals surface area contributed by atoms with Crippen molar-refractivity contribution < 1.29 is 9.90 Å². The van der Waals surface area contributed by atoms with Crippen LogP contribution in [0.25, 0.3) is 5.69 Å². The summed E-state index contributed by atoms with van der Waals surface area (Å²) in [4.78, 5) is 15.4. The number of aromatic nitrogens is 3. The molecule has 2 aromatic heterocycles. The van der Waals surface area contributed by atoms with Crippen LogP contribution in [0.4, 0.5) is 0 Å². The van der Waals surface area contributed by atoms with Gasteiger partial charge in [0.05, 0.1) is 17.4 Å². The molecule has 3 rings (SSSR count). The molecule has 23 heavy (non-hydrogen) atoms. The zero-order valence-electron chi connectivity index (χ0n) is 13.0. The third-order valence-corrected chi connectivity index (χ3v) is 3.87. The summed E-state index contributed by atoms with van der Waals surface area (Å²) in [6.07, 6.45) is 5.38. The highest BCUT2D eigenvalue weighted by Gasteiger charge is 2.14. The minimum absolute atomic E-state index is 0.280. The van der Waals surface area contributed by atoms with Crippen LogP contribution in [-0.4, -0.2) is 25.8 Å². The van der Waals surface area contributed by atoms with Crippen molar-refractivity contribution in [2.45, 2.75) is 20.3 Å². The molecule has 0 aliphatic rings. The fraction of sp³-hybridized carbons (Fsp3) is 0.167. The number of carboxylic acid groups (broad SMARTS) is 1. The predicted octanol–water partition coefficient (Wildman–Crippen LogP) is 3.17. The van der Waals surface area contributed by atoms with Crippen molar-refractivity contribution >= 4 is 5.97 Å². The topological polar surface area (TPSA) is 68.0 Å². The normalized spacial score (nSPS) is 10.7. The van der Waals surface area contributed by atoms with E-state index in [2.05, 4.69) is 16.1 Å². The maximum atomic E-state index is 11.3. The largest absolute Gasteiger partial charge is 0.478 e. The van der Waals surface area contributed by atoms with Crippen LogP contribution in [0.3, 0.4) is 0 Å². The first-order chi connectivity index (χ1) is 11.1. The molecule has 0 fully saturated rings. The molecular formula is C18H17N3O2. The van der Waals surface area contributed by atoms with Crippen LogP contribution >= 0.6 is 0 Å². The molecule has 0 amide bonds. The molecule has 2 heterocycles. The smallest absolute Gasteiger partial charge is 0.336 e. The second-order valence-electron chi connectivity index (χ2n) is 5.52. The van der Waals surface area contributed by atoms with Crippen molar-refractivity contribution in [3.63, 3.8) is 0 Å². The molecule has 0 unspecified atom stereocenters. The Labute approximate surface area is 134 Å². The fourth-order valence-electron chi connectivity index (χ4n) is 2.62. The molecule has 0 spiro atoms. The second kappa shape index (κ2) is 6.04. The van der Waals surface area contributed by atoms with Crippen LogP contribution in [0.15, 0.2) is 48.9 Å². The summed E-state index contributed by atoms with van der Waals surface area (Å²) < 4.78 is 1.87. The van der Waals surface area contributed by atoms with Gasteiger partial charge in [-0.2, -0.15) is 5.10 Å². The van der Waals surface area contributed by atoms with Gasteiger partial charge in [0.15, 0.2) is 0 Å². The molecule has 0 saturated heterocycles. The van der Waals surface area contributed by atoms with Crippen molar-refractivity contribution in [3.8, 4) is 5.69 Å². The Morgan fingerprint density at radius 3 is 2.74 bits per heavy atom. The van der Waals surface area contributed by atoms with Crippen LogP contribution < -0.4 is 0 Å². The molecule has 1 aromatic carbocycles. The molecule has 116 valence electrons. The number of carboxylic acids is 1. The van der Waals surface area contributed by atoms with E-state index < -0.39 is 5.97 Å². The third-order valence-electron chi connectivity index (χ3n) is 3.87. The van der Waals surface area contributed by atoms with Gasteiger partial charge >= 0.3 is 5.97 Å². The first-order valence-electron chi connectivity index (χ1n) is 7.33. The second-order valence-corrected chi connectivity index (χ2v) is 5.52. The maximum Gasteiger partial charge on any atom is 0.336 e. The Morgan fingerprint density at radius 2 is 2.00 bits per heavy atom. The SMILES string of the molecule is Cc1cccc(-n2ncc(Cc3cnccc3C(=O)O)c2C)c1. The number of nitrogens with zero attached hydrogens (tertiary/aromatic N) is 3. The van der Waals surface area contributed by atoms with Gasteiger partial charge in [-0.15, -0.1) is 0 Å².